The fourth-order valence-corrected chi connectivity index (χ4v) is 3.91. The number of amides is 1. The second kappa shape index (κ2) is 8.53. The minimum Gasteiger partial charge on any atom is -0.481 e. The second-order valence-electron chi connectivity index (χ2n) is 6.08. The average molecular weight is 387 g/mol. The summed E-state index contributed by atoms with van der Waals surface area (Å²) in [6.07, 6.45) is 3.80. The Balaban J connectivity index is 1.93. The molecule has 0 heterocycles. The fourth-order valence-electron chi connectivity index (χ4n) is 2.91. The van der Waals surface area contributed by atoms with Gasteiger partial charge in [-0.1, -0.05) is 30.9 Å². The van der Waals surface area contributed by atoms with Gasteiger partial charge in [0.25, 0.3) is 5.69 Å². The SMILES string of the molecule is O=C(CSc1ccc(Cl)cc1[N+](=O)[O-])NCC1(C(=O)O)CCCCC1. The number of aliphatic carboxylic acids is 1. The second-order valence-corrected chi connectivity index (χ2v) is 7.53. The van der Waals surface area contributed by atoms with E-state index in [1.165, 1.54) is 18.2 Å². The van der Waals surface area contributed by atoms with Crippen LogP contribution in [0.3, 0.4) is 0 Å². The van der Waals surface area contributed by atoms with E-state index in [0.29, 0.717) is 17.7 Å². The maximum Gasteiger partial charge on any atom is 0.311 e. The summed E-state index contributed by atoms with van der Waals surface area (Å²) in [4.78, 5) is 34.5. The third-order valence-corrected chi connectivity index (χ3v) is 5.66. The zero-order chi connectivity index (χ0) is 18.4. The Morgan fingerprint density at radius 3 is 2.60 bits per heavy atom. The van der Waals surface area contributed by atoms with Gasteiger partial charge in [0.05, 0.1) is 21.0 Å². The fraction of sp³-hybridized carbons (Fsp3) is 0.500. The van der Waals surface area contributed by atoms with E-state index in [4.69, 9.17) is 11.6 Å². The first kappa shape index (κ1) is 19.5. The van der Waals surface area contributed by atoms with Gasteiger partial charge in [0.2, 0.25) is 5.91 Å². The lowest BCUT2D eigenvalue weighted by atomic mass is 9.74. The van der Waals surface area contributed by atoms with Gasteiger partial charge >= 0.3 is 5.97 Å². The number of hydrogen-bond acceptors (Lipinski definition) is 5. The Hall–Kier alpha value is -1.80. The molecule has 1 aromatic carbocycles. The highest BCUT2D eigenvalue weighted by Crippen LogP contribution is 2.36. The van der Waals surface area contributed by atoms with Gasteiger partial charge in [0, 0.05) is 17.6 Å². The predicted molar refractivity (Wildman–Crippen MR) is 95.0 cm³/mol. The molecule has 0 spiro atoms. The summed E-state index contributed by atoms with van der Waals surface area (Å²) in [5.41, 5.74) is -1.05. The van der Waals surface area contributed by atoms with Crippen LogP contribution in [0.15, 0.2) is 23.1 Å². The molecule has 1 aliphatic rings. The van der Waals surface area contributed by atoms with E-state index in [9.17, 15) is 24.8 Å². The molecule has 7 nitrogen and oxygen atoms in total. The van der Waals surface area contributed by atoms with Crippen LogP contribution in [-0.4, -0.2) is 34.2 Å². The standard InChI is InChI=1S/C16H19ClN2O5S/c17-11-4-5-13(12(8-11)19(23)24)25-9-14(20)18-10-16(15(21)22)6-2-1-3-7-16/h4-5,8H,1-3,6-7,9-10H2,(H,18,20)(H,21,22). The van der Waals surface area contributed by atoms with Crippen molar-refractivity contribution in [3.8, 4) is 0 Å². The zero-order valence-corrected chi connectivity index (χ0v) is 15.1. The molecular weight excluding hydrogens is 368 g/mol. The molecule has 0 aliphatic heterocycles. The number of rotatable bonds is 7. The number of nitrogens with zero attached hydrogens (tertiary/aromatic N) is 1. The van der Waals surface area contributed by atoms with Crippen LogP contribution in [0.1, 0.15) is 32.1 Å². The van der Waals surface area contributed by atoms with Crippen LogP contribution in [0.2, 0.25) is 5.02 Å². The zero-order valence-electron chi connectivity index (χ0n) is 13.5. The Morgan fingerprint density at radius 1 is 1.32 bits per heavy atom. The van der Waals surface area contributed by atoms with Crippen molar-refractivity contribution in [3.05, 3.63) is 33.3 Å². The quantitative estimate of drug-likeness (QED) is 0.421. The van der Waals surface area contributed by atoms with Crippen molar-refractivity contribution >= 4 is 40.9 Å². The molecule has 1 aliphatic carbocycles. The molecule has 1 amide bonds. The van der Waals surface area contributed by atoms with Gasteiger partial charge in [0.15, 0.2) is 0 Å². The number of benzene rings is 1. The molecule has 2 N–H and O–H groups in total. The van der Waals surface area contributed by atoms with Crippen LogP contribution in [0.5, 0.6) is 0 Å². The maximum absolute atomic E-state index is 12.1. The van der Waals surface area contributed by atoms with E-state index >= 15 is 0 Å². The van der Waals surface area contributed by atoms with E-state index in [1.54, 1.807) is 0 Å². The first-order chi connectivity index (χ1) is 11.8. The van der Waals surface area contributed by atoms with Gasteiger partial charge in [0.1, 0.15) is 0 Å². The predicted octanol–water partition coefficient (Wildman–Crippen LogP) is 3.49. The van der Waals surface area contributed by atoms with Crippen molar-refractivity contribution < 1.29 is 19.6 Å². The van der Waals surface area contributed by atoms with Crippen molar-refractivity contribution in [3.63, 3.8) is 0 Å². The first-order valence-corrected chi connectivity index (χ1v) is 9.27. The lowest BCUT2D eigenvalue weighted by Crippen LogP contribution is -2.44. The molecular formula is C16H19ClN2O5S. The number of carbonyl (C=O) groups excluding carboxylic acids is 1. The molecule has 0 unspecified atom stereocenters. The van der Waals surface area contributed by atoms with Crippen molar-refractivity contribution in [2.75, 3.05) is 12.3 Å². The number of nitro groups is 1. The van der Waals surface area contributed by atoms with E-state index in [-0.39, 0.29) is 28.9 Å². The lowest BCUT2D eigenvalue weighted by molar-refractivity contribution is -0.387. The summed E-state index contributed by atoms with van der Waals surface area (Å²) < 4.78 is 0. The van der Waals surface area contributed by atoms with Crippen LogP contribution in [-0.2, 0) is 9.59 Å². The number of halogens is 1. The molecule has 0 bridgehead atoms. The number of carbonyl (C=O) groups is 2. The third-order valence-electron chi connectivity index (χ3n) is 4.36. The molecule has 25 heavy (non-hydrogen) atoms. The highest BCUT2D eigenvalue weighted by molar-refractivity contribution is 8.00. The summed E-state index contributed by atoms with van der Waals surface area (Å²) in [6, 6.07) is 4.26. The Kier molecular flexibility index (Phi) is 6.66. The number of nitro benzene ring substituents is 1. The molecule has 1 saturated carbocycles. The van der Waals surface area contributed by atoms with Crippen molar-refractivity contribution in [1.82, 2.24) is 5.32 Å². The molecule has 2 rings (SSSR count). The topological polar surface area (TPSA) is 110 Å². The summed E-state index contributed by atoms with van der Waals surface area (Å²) in [6.45, 7) is 0.0877. The van der Waals surface area contributed by atoms with Gasteiger partial charge in [-0.3, -0.25) is 19.7 Å². The van der Waals surface area contributed by atoms with Gasteiger partial charge in [-0.25, -0.2) is 0 Å². The maximum atomic E-state index is 12.1. The first-order valence-electron chi connectivity index (χ1n) is 7.91. The van der Waals surface area contributed by atoms with Crippen LogP contribution in [0.4, 0.5) is 5.69 Å². The third kappa shape index (κ3) is 5.09. The van der Waals surface area contributed by atoms with E-state index in [1.807, 2.05) is 0 Å². The highest BCUT2D eigenvalue weighted by Gasteiger charge is 2.39. The molecule has 136 valence electrons. The van der Waals surface area contributed by atoms with Gasteiger partial charge in [-0.05, 0) is 25.0 Å². The largest absolute Gasteiger partial charge is 0.481 e. The molecule has 0 atom stereocenters. The van der Waals surface area contributed by atoms with Crippen LogP contribution in [0, 0.1) is 15.5 Å². The Bertz CT molecular complexity index is 676. The van der Waals surface area contributed by atoms with E-state index < -0.39 is 16.3 Å². The molecule has 0 saturated heterocycles. The summed E-state index contributed by atoms with van der Waals surface area (Å²) in [5, 5.41) is 23.4. The minimum absolute atomic E-state index is 0.0296. The minimum atomic E-state index is -0.898. The number of hydrogen-bond donors (Lipinski definition) is 2. The van der Waals surface area contributed by atoms with Crippen LogP contribution < -0.4 is 5.32 Å². The van der Waals surface area contributed by atoms with Gasteiger partial charge in [-0.2, -0.15) is 0 Å². The van der Waals surface area contributed by atoms with E-state index in [2.05, 4.69) is 5.32 Å². The summed E-state index contributed by atoms with van der Waals surface area (Å²) in [7, 11) is 0. The Morgan fingerprint density at radius 2 is 2.00 bits per heavy atom. The normalized spacial score (nSPS) is 16.2. The van der Waals surface area contributed by atoms with Crippen molar-refractivity contribution in [1.29, 1.82) is 0 Å². The average Bonchev–Trinajstić information content (AvgIpc) is 2.59. The molecule has 1 fully saturated rings. The summed E-state index contributed by atoms with van der Waals surface area (Å²) >= 11 is 6.78. The van der Waals surface area contributed by atoms with Crippen LogP contribution in [0.25, 0.3) is 0 Å². The van der Waals surface area contributed by atoms with Crippen LogP contribution >= 0.6 is 23.4 Å². The molecule has 0 aromatic heterocycles. The number of thioether (sulfide) groups is 1. The molecule has 9 heteroatoms. The lowest BCUT2D eigenvalue weighted by Gasteiger charge is -2.33. The number of nitrogens with one attached hydrogen (secondary N) is 1. The number of carboxylic acids is 1. The number of carboxylic acid groups (broad SMARTS) is 1. The Labute approximate surface area is 154 Å². The molecule has 1 aromatic rings. The van der Waals surface area contributed by atoms with Crippen molar-refractivity contribution in [2.24, 2.45) is 5.41 Å². The van der Waals surface area contributed by atoms with Gasteiger partial charge in [-0.15, -0.1) is 11.8 Å². The van der Waals surface area contributed by atoms with Crippen molar-refractivity contribution in [2.45, 2.75) is 37.0 Å². The van der Waals surface area contributed by atoms with E-state index in [0.717, 1.165) is 31.0 Å². The monoisotopic (exact) mass is 386 g/mol. The summed E-state index contributed by atoms with van der Waals surface area (Å²) in [5.74, 6) is -1.26. The molecule has 0 radical (unpaired) electrons. The highest BCUT2D eigenvalue weighted by atomic mass is 35.5. The van der Waals surface area contributed by atoms with Gasteiger partial charge < -0.3 is 10.4 Å². The smallest absolute Gasteiger partial charge is 0.311 e.